The second kappa shape index (κ2) is 7.47. The molecule has 0 saturated carbocycles. The fraction of sp³-hybridized carbons (Fsp3) is 0.500. The zero-order valence-electron chi connectivity index (χ0n) is 14.5. The van der Waals surface area contributed by atoms with Crippen LogP contribution in [0.2, 0.25) is 0 Å². The second-order valence-electron chi connectivity index (χ2n) is 6.24. The van der Waals surface area contributed by atoms with E-state index in [-0.39, 0.29) is 12.5 Å². The summed E-state index contributed by atoms with van der Waals surface area (Å²) < 4.78 is 0. The summed E-state index contributed by atoms with van der Waals surface area (Å²) in [6.45, 7) is 5.99. The summed E-state index contributed by atoms with van der Waals surface area (Å²) in [5, 5.41) is 5.39. The van der Waals surface area contributed by atoms with Gasteiger partial charge in [-0.15, -0.1) is 0 Å². The minimum Gasteiger partial charge on any atom is -0.355 e. The van der Waals surface area contributed by atoms with Crippen LogP contribution in [0.4, 0.5) is 4.79 Å². The molecule has 1 unspecified atom stereocenters. The Morgan fingerprint density at radius 3 is 2.42 bits per heavy atom. The molecular formula is C18H25N3O3. The molecule has 6 nitrogen and oxygen atoms in total. The molecule has 0 bridgehead atoms. The predicted octanol–water partition coefficient (Wildman–Crippen LogP) is 1.93. The number of hydrogen-bond donors (Lipinski definition) is 2. The van der Waals surface area contributed by atoms with Crippen LogP contribution in [0.5, 0.6) is 0 Å². The topological polar surface area (TPSA) is 78.5 Å². The number of hydrogen-bond acceptors (Lipinski definition) is 3. The van der Waals surface area contributed by atoms with Crippen molar-refractivity contribution in [1.29, 1.82) is 0 Å². The lowest BCUT2D eigenvalue weighted by molar-refractivity contribution is -0.134. The third-order valence-electron chi connectivity index (χ3n) is 4.22. The molecule has 1 aromatic rings. The lowest BCUT2D eigenvalue weighted by Gasteiger charge is -2.22. The van der Waals surface area contributed by atoms with Gasteiger partial charge in [-0.25, -0.2) is 4.79 Å². The van der Waals surface area contributed by atoms with Gasteiger partial charge in [-0.2, -0.15) is 0 Å². The Morgan fingerprint density at radius 1 is 1.17 bits per heavy atom. The predicted molar refractivity (Wildman–Crippen MR) is 91.3 cm³/mol. The molecule has 1 heterocycles. The van der Waals surface area contributed by atoms with Gasteiger partial charge in [0, 0.05) is 6.54 Å². The van der Waals surface area contributed by atoms with Crippen LogP contribution in [-0.2, 0) is 21.5 Å². The summed E-state index contributed by atoms with van der Waals surface area (Å²) in [6.07, 6.45) is 2.82. The van der Waals surface area contributed by atoms with Crippen LogP contribution >= 0.6 is 0 Å². The minimum absolute atomic E-state index is 0.256. The van der Waals surface area contributed by atoms with E-state index in [0.717, 1.165) is 29.7 Å². The van der Waals surface area contributed by atoms with Crippen molar-refractivity contribution in [3.8, 4) is 0 Å². The number of aryl methyl sites for hydroxylation is 1. The lowest BCUT2D eigenvalue weighted by atomic mass is 9.91. The Kier molecular flexibility index (Phi) is 5.59. The van der Waals surface area contributed by atoms with Crippen molar-refractivity contribution in [2.45, 2.75) is 45.6 Å². The molecule has 1 aliphatic rings. The van der Waals surface area contributed by atoms with Gasteiger partial charge in [0.05, 0.1) is 0 Å². The maximum atomic E-state index is 12.7. The average Bonchev–Trinajstić information content (AvgIpc) is 2.78. The summed E-state index contributed by atoms with van der Waals surface area (Å²) in [5.41, 5.74) is 0.780. The largest absolute Gasteiger partial charge is 0.355 e. The van der Waals surface area contributed by atoms with Crippen LogP contribution < -0.4 is 10.6 Å². The van der Waals surface area contributed by atoms with E-state index in [4.69, 9.17) is 0 Å². The molecule has 0 aromatic heterocycles. The number of amides is 4. The molecule has 1 aromatic carbocycles. The van der Waals surface area contributed by atoms with E-state index in [1.807, 2.05) is 31.2 Å². The summed E-state index contributed by atoms with van der Waals surface area (Å²) in [4.78, 5) is 37.7. The standard InChI is InChI=1S/C18H25N3O3/c1-4-6-13-7-9-14(10-8-13)18(3)16(23)21(17(24)20-18)12-15(22)19-11-5-2/h7-10H,4-6,11-12H2,1-3H3,(H,19,22)(H,20,24). The van der Waals surface area contributed by atoms with E-state index in [9.17, 15) is 14.4 Å². The molecule has 24 heavy (non-hydrogen) atoms. The third-order valence-corrected chi connectivity index (χ3v) is 4.22. The zero-order chi connectivity index (χ0) is 17.7. The van der Waals surface area contributed by atoms with E-state index < -0.39 is 17.5 Å². The van der Waals surface area contributed by atoms with Gasteiger partial charge >= 0.3 is 6.03 Å². The first-order chi connectivity index (χ1) is 11.4. The molecule has 1 saturated heterocycles. The molecule has 6 heteroatoms. The van der Waals surface area contributed by atoms with E-state index >= 15 is 0 Å². The van der Waals surface area contributed by atoms with Crippen molar-refractivity contribution in [2.75, 3.05) is 13.1 Å². The van der Waals surface area contributed by atoms with E-state index in [1.54, 1.807) is 6.92 Å². The highest BCUT2D eigenvalue weighted by molar-refractivity contribution is 6.09. The third kappa shape index (κ3) is 3.58. The Morgan fingerprint density at radius 2 is 1.83 bits per heavy atom. The van der Waals surface area contributed by atoms with Gasteiger partial charge < -0.3 is 10.6 Å². The Hall–Kier alpha value is -2.37. The van der Waals surface area contributed by atoms with E-state index in [1.165, 1.54) is 5.56 Å². The molecule has 1 fully saturated rings. The smallest absolute Gasteiger partial charge is 0.325 e. The number of nitrogens with one attached hydrogen (secondary N) is 2. The van der Waals surface area contributed by atoms with Crippen molar-refractivity contribution in [3.63, 3.8) is 0 Å². The molecule has 0 radical (unpaired) electrons. The summed E-state index contributed by atoms with van der Waals surface area (Å²) in [5.74, 6) is -0.731. The molecule has 2 N–H and O–H groups in total. The highest BCUT2D eigenvalue weighted by atomic mass is 16.2. The fourth-order valence-electron chi connectivity index (χ4n) is 2.79. The van der Waals surface area contributed by atoms with Crippen molar-refractivity contribution in [3.05, 3.63) is 35.4 Å². The fourth-order valence-corrected chi connectivity index (χ4v) is 2.79. The molecule has 4 amide bonds. The maximum absolute atomic E-state index is 12.7. The van der Waals surface area contributed by atoms with E-state index in [0.29, 0.717) is 6.54 Å². The lowest BCUT2D eigenvalue weighted by Crippen LogP contribution is -2.43. The first-order valence-corrected chi connectivity index (χ1v) is 8.42. The Bertz CT molecular complexity index is 627. The van der Waals surface area contributed by atoms with Crippen LogP contribution in [0.3, 0.4) is 0 Å². The van der Waals surface area contributed by atoms with Gasteiger partial charge in [-0.1, -0.05) is 44.5 Å². The first-order valence-electron chi connectivity index (χ1n) is 8.42. The summed E-state index contributed by atoms with van der Waals surface area (Å²) in [6, 6.07) is 7.14. The Labute approximate surface area is 142 Å². The molecule has 130 valence electrons. The van der Waals surface area contributed by atoms with Gasteiger partial charge in [-0.05, 0) is 30.9 Å². The van der Waals surface area contributed by atoms with Crippen LogP contribution in [0, 0.1) is 0 Å². The summed E-state index contributed by atoms with van der Waals surface area (Å²) >= 11 is 0. The SMILES string of the molecule is CCCNC(=O)CN1C(=O)NC(C)(c2ccc(CCC)cc2)C1=O. The van der Waals surface area contributed by atoms with Crippen molar-refractivity contribution in [1.82, 2.24) is 15.5 Å². The number of carbonyl (C=O) groups is 3. The molecule has 0 spiro atoms. The normalized spacial score (nSPS) is 20.2. The average molecular weight is 331 g/mol. The first kappa shape index (κ1) is 18.0. The van der Waals surface area contributed by atoms with Gasteiger partial charge in [-0.3, -0.25) is 14.5 Å². The second-order valence-corrected chi connectivity index (χ2v) is 6.24. The van der Waals surface area contributed by atoms with Crippen LogP contribution in [-0.4, -0.2) is 35.8 Å². The van der Waals surface area contributed by atoms with Crippen LogP contribution in [0.1, 0.15) is 44.7 Å². The van der Waals surface area contributed by atoms with E-state index in [2.05, 4.69) is 17.6 Å². The van der Waals surface area contributed by atoms with Gasteiger partial charge in [0.2, 0.25) is 5.91 Å². The zero-order valence-corrected chi connectivity index (χ0v) is 14.5. The number of nitrogens with zero attached hydrogens (tertiary/aromatic N) is 1. The van der Waals surface area contributed by atoms with Gasteiger partial charge in [0.25, 0.3) is 5.91 Å². The van der Waals surface area contributed by atoms with Crippen molar-refractivity contribution >= 4 is 17.8 Å². The van der Waals surface area contributed by atoms with Gasteiger partial charge in [0.15, 0.2) is 0 Å². The van der Waals surface area contributed by atoms with Crippen LogP contribution in [0.15, 0.2) is 24.3 Å². The molecule has 0 aliphatic carbocycles. The molecule has 2 rings (SSSR count). The minimum atomic E-state index is -1.13. The molecule has 1 aliphatic heterocycles. The van der Waals surface area contributed by atoms with Crippen molar-refractivity contribution < 1.29 is 14.4 Å². The summed E-state index contributed by atoms with van der Waals surface area (Å²) in [7, 11) is 0. The van der Waals surface area contributed by atoms with Crippen LogP contribution in [0.25, 0.3) is 0 Å². The monoisotopic (exact) mass is 331 g/mol. The molecular weight excluding hydrogens is 306 g/mol. The maximum Gasteiger partial charge on any atom is 0.325 e. The highest BCUT2D eigenvalue weighted by Crippen LogP contribution is 2.29. The molecule has 1 atom stereocenters. The highest BCUT2D eigenvalue weighted by Gasteiger charge is 2.49. The Balaban J connectivity index is 2.14. The van der Waals surface area contributed by atoms with Crippen molar-refractivity contribution in [2.24, 2.45) is 0 Å². The number of carbonyl (C=O) groups excluding carboxylic acids is 3. The number of imide groups is 1. The number of urea groups is 1. The number of rotatable bonds is 7. The number of benzene rings is 1. The van der Waals surface area contributed by atoms with Gasteiger partial charge in [0.1, 0.15) is 12.1 Å². The quantitative estimate of drug-likeness (QED) is 0.750.